The van der Waals surface area contributed by atoms with Crippen LogP contribution in [-0.2, 0) is 9.47 Å². The Bertz CT molecular complexity index is 402. The van der Waals surface area contributed by atoms with Crippen LogP contribution in [0.25, 0.3) is 0 Å². The molecule has 0 spiro atoms. The van der Waals surface area contributed by atoms with Crippen LogP contribution in [0.15, 0.2) is 5.38 Å². The van der Waals surface area contributed by atoms with Gasteiger partial charge in [-0.3, -0.25) is 4.79 Å². The minimum Gasteiger partial charge on any atom is -0.376 e. The maximum absolute atomic E-state index is 11.8. The van der Waals surface area contributed by atoms with Crippen LogP contribution in [0.4, 0.5) is 0 Å². The van der Waals surface area contributed by atoms with Crippen molar-refractivity contribution in [2.45, 2.75) is 19.1 Å². The van der Waals surface area contributed by atoms with E-state index < -0.39 is 0 Å². The number of hydrogen-bond acceptors (Lipinski definition) is 6. The van der Waals surface area contributed by atoms with E-state index in [0.29, 0.717) is 32.1 Å². The van der Waals surface area contributed by atoms with Gasteiger partial charge in [-0.05, 0) is 6.92 Å². The quantitative estimate of drug-likeness (QED) is 0.823. The van der Waals surface area contributed by atoms with Crippen molar-refractivity contribution in [3.05, 3.63) is 16.1 Å². The summed E-state index contributed by atoms with van der Waals surface area (Å²) < 4.78 is 10.7. The Labute approximate surface area is 109 Å². The fourth-order valence-electron chi connectivity index (χ4n) is 1.55. The molecule has 1 saturated heterocycles. The number of carbonyl (C=O) groups is 1. The van der Waals surface area contributed by atoms with Gasteiger partial charge in [0.05, 0.1) is 32.0 Å². The molecule has 0 aromatic carbocycles. The fourth-order valence-corrected chi connectivity index (χ4v) is 2.31. The van der Waals surface area contributed by atoms with E-state index in [9.17, 15) is 4.79 Å². The number of amides is 1. The van der Waals surface area contributed by atoms with Crippen LogP contribution in [0.1, 0.15) is 28.5 Å². The Balaban J connectivity index is 1.83. The van der Waals surface area contributed by atoms with Gasteiger partial charge in [0.25, 0.3) is 5.91 Å². The molecular weight excluding hydrogens is 254 g/mol. The van der Waals surface area contributed by atoms with Crippen molar-refractivity contribution in [1.82, 2.24) is 10.3 Å². The van der Waals surface area contributed by atoms with E-state index in [1.807, 2.05) is 6.92 Å². The molecule has 2 rings (SSSR count). The molecule has 100 valence electrons. The molecule has 2 atom stereocenters. The first kappa shape index (κ1) is 13.4. The van der Waals surface area contributed by atoms with Crippen molar-refractivity contribution >= 4 is 17.2 Å². The average molecular weight is 271 g/mol. The Morgan fingerprint density at radius 3 is 3.17 bits per heavy atom. The maximum Gasteiger partial charge on any atom is 0.270 e. The molecule has 0 bridgehead atoms. The molecule has 7 heteroatoms. The topological polar surface area (TPSA) is 86.5 Å². The highest BCUT2D eigenvalue weighted by Gasteiger charge is 2.17. The van der Waals surface area contributed by atoms with Gasteiger partial charge in [-0.25, -0.2) is 4.98 Å². The summed E-state index contributed by atoms with van der Waals surface area (Å²) in [6.07, 6.45) is -0.0748. The van der Waals surface area contributed by atoms with E-state index in [-0.39, 0.29) is 18.1 Å². The molecule has 2 heterocycles. The molecule has 1 aliphatic rings. The highest BCUT2D eigenvalue weighted by molar-refractivity contribution is 7.09. The lowest BCUT2D eigenvalue weighted by atomic mass is 10.3. The molecule has 1 aromatic rings. The molecule has 18 heavy (non-hydrogen) atoms. The van der Waals surface area contributed by atoms with E-state index in [0.717, 1.165) is 5.01 Å². The number of nitrogens with one attached hydrogen (secondary N) is 1. The Hall–Kier alpha value is -1.02. The van der Waals surface area contributed by atoms with E-state index in [1.54, 1.807) is 5.38 Å². The molecule has 1 fully saturated rings. The lowest BCUT2D eigenvalue weighted by Crippen LogP contribution is -2.39. The summed E-state index contributed by atoms with van der Waals surface area (Å²) in [6.45, 7) is 3.99. The summed E-state index contributed by atoms with van der Waals surface area (Å²) in [7, 11) is 0. The van der Waals surface area contributed by atoms with Crippen LogP contribution in [0.2, 0.25) is 0 Å². The number of nitrogens with zero attached hydrogens (tertiary/aromatic N) is 1. The summed E-state index contributed by atoms with van der Waals surface area (Å²) in [4.78, 5) is 16.0. The number of nitrogens with two attached hydrogens (primary N) is 1. The van der Waals surface area contributed by atoms with Crippen molar-refractivity contribution in [2.24, 2.45) is 5.73 Å². The molecule has 3 N–H and O–H groups in total. The molecule has 6 nitrogen and oxygen atoms in total. The van der Waals surface area contributed by atoms with E-state index in [2.05, 4.69) is 10.3 Å². The largest absolute Gasteiger partial charge is 0.376 e. The molecule has 2 unspecified atom stereocenters. The summed E-state index contributed by atoms with van der Waals surface area (Å²) in [5.41, 5.74) is 6.10. The molecular formula is C11H17N3O3S. The van der Waals surface area contributed by atoms with E-state index >= 15 is 0 Å². The molecule has 0 radical (unpaired) electrons. The van der Waals surface area contributed by atoms with Gasteiger partial charge in [-0.15, -0.1) is 11.3 Å². The Morgan fingerprint density at radius 2 is 2.56 bits per heavy atom. The van der Waals surface area contributed by atoms with Gasteiger partial charge < -0.3 is 20.5 Å². The van der Waals surface area contributed by atoms with Crippen LogP contribution in [-0.4, -0.2) is 43.4 Å². The first-order chi connectivity index (χ1) is 8.66. The highest BCUT2D eigenvalue weighted by atomic mass is 32.1. The van der Waals surface area contributed by atoms with Gasteiger partial charge in [0.2, 0.25) is 0 Å². The van der Waals surface area contributed by atoms with E-state index in [4.69, 9.17) is 15.2 Å². The number of ether oxygens (including phenoxy) is 2. The molecule has 1 aliphatic heterocycles. The second-order valence-electron chi connectivity index (χ2n) is 4.14. The van der Waals surface area contributed by atoms with Crippen LogP contribution >= 0.6 is 11.3 Å². The summed E-state index contributed by atoms with van der Waals surface area (Å²) in [5, 5.41) is 5.26. The van der Waals surface area contributed by atoms with Crippen molar-refractivity contribution < 1.29 is 14.3 Å². The molecule has 1 aromatic heterocycles. The lowest BCUT2D eigenvalue weighted by Gasteiger charge is -2.22. The number of aromatic nitrogens is 1. The van der Waals surface area contributed by atoms with Gasteiger partial charge in [-0.1, -0.05) is 0 Å². The van der Waals surface area contributed by atoms with Gasteiger partial charge >= 0.3 is 0 Å². The normalized spacial score (nSPS) is 21.6. The monoisotopic (exact) mass is 271 g/mol. The fraction of sp³-hybridized carbons (Fsp3) is 0.636. The van der Waals surface area contributed by atoms with E-state index in [1.165, 1.54) is 11.3 Å². The standard InChI is InChI=1S/C11H17N3O3S/c1-7(12)11-14-9(6-18-11)10(15)13-4-8-5-16-2-3-17-8/h6-8H,2-5,12H2,1H3,(H,13,15). The molecule has 1 amide bonds. The average Bonchev–Trinajstić information content (AvgIpc) is 2.87. The third-order valence-corrected chi connectivity index (χ3v) is 3.57. The van der Waals surface area contributed by atoms with Gasteiger partial charge in [0.1, 0.15) is 10.7 Å². The minimum absolute atomic E-state index is 0.0748. The first-order valence-corrected chi connectivity index (χ1v) is 6.73. The van der Waals surface area contributed by atoms with Crippen molar-refractivity contribution in [1.29, 1.82) is 0 Å². The van der Waals surface area contributed by atoms with Crippen LogP contribution < -0.4 is 11.1 Å². The summed E-state index contributed by atoms with van der Waals surface area (Å²) in [6, 6.07) is -0.147. The maximum atomic E-state index is 11.8. The van der Waals surface area contributed by atoms with Crippen LogP contribution in [0.5, 0.6) is 0 Å². The number of hydrogen-bond donors (Lipinski definition) is 2. The van der Waals surface area contributed by atoms with Gasteiger partial charge in [0, 0.05) is 11.9 Å². The number of carbonyl (C=O) groups excluding carboxylic acids is 1. The summed E-state index contributed by atoms with van der Waals surface area (Å²) in [5.74, 6) is -0.202. The zero-order valence-electron chi connectivity index (χ0n) is 10.2. The predicted molar refractivity (Wildman–Crippen MR) is 67.6 cm³/mol. The number of rotatable bonds is 4. The van der Waals surface area contributed by atoms with Crippen molar-refractivity contribution in [3.63, 3.8) is 0 Å². The van der Waals surface area contributed by atoms with Gasteiger partial charge in [-0.2, -0.15) is 0 Å². The highest BCUT2D eigenvalue weighted by Crippen LogP contribution is 2.15. The van der Waals surface area contributed by atoms with Crippen LogP contribution in [0, 0.1) is 0 Å². The Kier molecular flexibility index (Phi) is 4.65. The zero-order valence-corrected chi connectivity index (χ0v) is 11.0. The molecule has 0 aliphatic carbocycles. The Morgan fingerprint density at radius 1 is 1.72 bits per heavy atom. The SMILES string of the molecule is CC(N)c1nc(C(=O)NCC2COCCO2)cs1. The minimum atomic E-state index is -0.202. The zero-order chi connectivity index (χ0) is 13.0. The second-order valence-corrected chi connectivity index (χ2v) is 5.03. The third kappa shape index (κ3) is 3.49. The van der Waals surface area contributed by atoms with Gasteiger partial charge in [0.15, 0.2) is 0 Å². The first-order valence-electron chi connectivity index (χ1n) is 5.85. The lowest BCUT2D eigenvalue weighted by molar-refractivity contribution is -0.0855. The summed E-state index contributed by atoms with van der Waals surface area (Å²) >= 11 is 1.39. The van der Waals surface area contributed by atoms with Crippen molar-refractivity contribution in [2.75, 3.05) is 26.4 Å². The third-order valence-electron chi connectivity index (χ3n) is 2.52. The number of thiazole rings is 1. The predicted octanol–water partition coefficient (Wildman–Crippen LogP) is 0.308. The van der Waals surface area contributed by atoms with Crippen LogP contribution in [0.3, 0.4) is 0 Å². The van der Waals surface area contributed by atoms with Crippen molar-refractivity contribution in [3.8, 4) is 0 Å². The second kappa shape index (κ2) is 6.24. The smallest absolute Gasteiger partial charge is 0.270 e. The molecule has 0 saturated carbocycles.